The van der Waals surface area contributed by atoms with Crippen LogP contribution in [0.1, 0.15) is 6.92 Å². The van der Waals surface area contributed by atoms with Gasteiger partial charge in [-0.05, 0) is 0 Å². The first-order valence-electron chi connectivity index (χ1n) is 3.14. The molecular formula is C5H10N6O2. The Kier molecular flexibility index (Phi) is 3.93. The SMILES string of the molecule is CC(=O)O.Nc1nc(N)nc(N)n1. The van der Waals surface area contributed by atoms with E-state index in [1.807, 2.05) is 0 Å². The minimum Gasteiger partial charge on any atom is -0.481 e. The van der Waals surface area contributed by atoms with E-state index in [1.54, 1.807) is 0 Å². The van der Waals surface area contributed by atoms with Crippen molar-refractivity contribution in [2.45, 2.75) is 6.92 Å². The molecule has 0 unspecified atom stereocenters. The number of carbonyl (C=O) groups is 1. The quantitative estimate of drug-likeness (QED) is 0.390. The Hall–Kier alpha value is -2.12. The van der Waals surface area contributed by atoms with Crippen LogP contribution in [0.3, 0.4) is 0 Å². The molecule has 0 aromatic carbocycles. The molecule has 1 aromatic rings. The first-order valence-corrected chi connectivity index (χ1v) is 3.14. The van der Waals surface area contributed by atoms with E-state index in [0.717, 1.165) is 6.92 Å². The number of aliphatic carboxylic acids is 1. The molecule has 0 amide bonds. The topological polar surface area (TPSA) is 154 Å². The second-order valence-corrected chi connectivity index (χ2v) is 1.93. The lowest BCUT2D eigenvalue weighted by Gasteiger charge is -1.93. The minimum absolute atomic E-state index is 0.0417. The van der Waals surface area contributed by atoms with Crippen LogP contribution in [0.5, 0.6) is 0 Å². The number of nitrogen functional groups attached to an aromatic ring is 3. The Labute approximate surface area is 73.8 Å². The number of carboxylic acid groups (broad SMARTS) is 1. The van der Waals surface area contributed by atoms with Gasteiger partial charge in [0, 0.05) is 6.92 Å². The molecule has 0 saturated carbocycles. The van der Waals surface area contributed by atoms with Crippen molar-refractivity contribution in [3.05, 3.63) is 0 Å². The van der Waals surface area contributed by atoms with Crippen molar-refractivity contribution >= 4 is 23.8 Å². The van der Waals surface area contributed by atoms with E-state index < -0.39 is 5.97 Å². The van der Waals surface area contributed by atoms with Gasteiger partial charge < -0.3 is 22.3 Å². The van der Waals surface area contributed by atoms with Gasteiger partial charge in [-0.2, -0.15) is 15.0 Å². The molecule has 0 aliphatic rings. The summed E-state index contributed by atoms with van der Waals surface area (Å²) in [6, 6.07) is 0. The van der Waals surface area contributed by atoms with Crippen molar-refractivity contribution in [2.75, 3.05) is 17.2 Å². The second-order valence-electron chi connectivity index (χ2n) is 1.93. The van der Waals surface area contributed by atoms with Gasteiger partial charge in [0.1, 0.15) is 0 Å². The molecule has 0 saturated heterocycles. The van der Waals surface area contributed by atoms with Crippen LogP contribution in [0, 0.1) is 0 Å². The van der Waals surface area contributed by atoms with Crippen LogP contribution >= 0.6 is 0 Å². The normalized spacial score (nSPS) is 8.38. The summed E-state index contributed by atoms with van der Waals surface area (Å²) in [5.74, 6) is -0.708. The van der Waals surface area contributed by atoms with E-state index >= 15 is 0 Å². The predicted octanol–water partition coefficient (Wildman–Crippen LogP) is -1.29. The van der Waals surface area contributed by atoms with E-state index in [0.29, 0.717) is 0 Å². The molecule has 8 nitrogen and oxygen atoms in total. The average molecular weight is 186 g/mol. The standard InChI is InChI=1S/C3H6N6.C2H4O2/c4-1-7-2(5)9-3(6)8-1;1-2(3)4/h(H6,4,5,6,7,8,9);1H3,(H,3,4). The molecule has 1 aromatic heterocycles. The molecule has 13 heavy (non-hydrogen) atoms. The molecule has 1 heterocycles. The van der Waals surface area contributed by atoms with Crippen LogP contribution in [0.15, 0.2) is 0 Å². The number of anilines is 3. The molecule has 0 aliphatic carbocycles. The Balaban J connectivity index is 0.000000310. The van der Waals surface area contributed by atoms with Gasteiger partial charge in [-0.25, -0.2) is 0 Å². The van der Waals surface area contributed by atoms with E-state index in [9.17, 15) is 0 Å². The third-order valence-electron chi connectivity index (χ3n) is 0.687. The maximum Gasteiger partial charge on any atom is 0.300 e. The summed E-state index contributed by atoms with van der Waals surface area (Å²) < 4.78 is 0. The molecule has 7 N–H and O–H groups in total. The predicted molar refractivity (Wildman–Crippen MR) is 46.4 cm³/mol. The first-order chi connectivity index (χ1) is 5.91. The Bertz CT molecular complexity index is 247. The maximum atomic E-state index is 9.00. The lowest BCUT2D eigenvalue weighted by Crippen LogP contribution is -2.05. The van der Waals surface area contributed by atoms with Crippen LogP contribution in [0.4, 0.5) is 17.8 Å². The van der Waals surface area contributed by atoms with Gasteiger partial charge in [-0.3, -0.25) is 4.79 Å². The zero-order valence-corrected chi connectivity index (χ0v) is 6.93. The number of nitrogens with two attached hydrogens (primary N) is 3. The fraction of sp³-hybridized carbons (Fsp3) is 0.200. The molecule has 0 atom stereocenters. The Morgan fingerprint density at radius 1 is 1.08 bits per heavy atom. The highest BCUT2D eigenvalue weighted by molar-refractivity contribution is 5.62. The van der Waals surface area contributed by atoms with Gasteiger partial charge in [0.25, 0.3) is 5.97 Å². The van der Waals surface area contributed by atoms with Crippen LogP contribution < -0.4 is 17.2 Å². The minimum atomic E-state index is -0.833. The van der Waals surface area contributed by atoms with Gasteiger partial charge in [-0.15, -0.1) is 0 Å². The van der Waals surface area contributed by atoms with Gasteiger partial charge in [-0.1, -0.05) is 0 Å². The van der Waals surface area contributed by atoms with Gasteiger partial charge in [0.05, 0.1) is 0 Å². The summed E-state index contributed by atoms with van der Waals surface area (Å²) in [6.07, 6.45) is 0. The lowest BCUT2D eigenvalue weighted by molar-refractivity contribution is -0.134. The Morgan fingerprint density at radius 3 is 1.38 bits per heavy atom. The monoisotopic (exact) mass is 186 g/mol. The van der Waals surface area contributed by atoms with Crippen LogP contribution in [0.2, 0.25) is 0 Å². The summed E-state index contributed by atoms with van der Waals surface area (Å²) in [4.78, 5) is 19.5. The summed E-state index contributed by atoms with van der Waals surface area (Å²) in [6.45, 7) is 1.08. The number of hydrogen-bond acceptors (Lipinski definition) is 7. The van der Waals surface area contributed by atoms with Crippen molar-refractivity contribution in [1.29, 1.82) is 0 Å². The van der Waals surface area contributed by atoms with Gasteiger partial charge in [0.2, 0.25) is 17.8 Å². The highest BCUT2D eigenvalue weighted by Crippen LogP contribution is 1.97. The van der Waals surface area contributed by atoms with Crippen molar-refractivity contribution in [3.63, 3.8) is 0 Å². The third-order valence-corrected chi connectivity index (χ3v) is 0.687. The van der Waals surface area contributed by atoms with Gasteiger partial charge >= 0.3 is 0 Å². The fourth-order valence-electron chi connectivity index (χ4n) is 0.427. The number of carboxylic acids is 1. The number of nitrogens with zero attached hydrogens (tertiary/aromatic N) is 3. The molecule has 0 radical (unpaired) electrons. The Morgan fingerprint density at radius 2 is 1.23 bits per heavy atom. The van der Waals surface area contributed by atoms with Crippen LogP contribution in [0.25, 0.3) is 0 Å². The lowest BCUT2D eigenvalue weighted by atomic mass is 10.9. The highest BCUT2D eigenvalue weighted by atomic mass is 16.4. The molecule has 0 aliphatic heterocycles. The number of aromatic nitrogens is 3. The van der Waals surface area contributed by atoms with Crippen LogP contribution in [-0.4, -0.2) is 26.0 Å². The zero-order valence-electron chi connectivity index (χ0n) is 6.93. The van der Waals surface area contributed by atoms with E-state index in [-0.39, 0.29) is 17.8 Å². The largest absolute Gasteiger partial charge is 0.481 e. The highest BCUT2D eigenvalue weighted by Gasteiger charge is 1.93. The third kappa shape index (κ3) is 6.28. The summed E-state index contributed by atoms with van der Waals surface area (Å²) >= 11 is 0. The van der Waals surface area contributed by atoms with Crippen LogP contribution in [-0.2, 0) is 4.79 Å². The van der Waals surface area contributed by atoms with E-state index in [4.69, 9.17) is 27.1 Å². The maximum absolute atomic E-state index is 9.00. The van der Waals surface area contributed by atoms with Crippen molar-refractivity contribution in [2.24, 2.45) is 0 Å². The van der Waals surface area contributed by atoms with E-state index in [1.165, 1.54) is 0 Å². The molecule has 0 fully saturated rings. The summed E-state index contributed by atoms with van der Waals surface area (Å²) in [5.41, 5.74) is 15.4. The molecule has 0 bridgehead atoms. The molecule has 72 valence electrons. The molecule has 1 rings (SSSR count). The van der Waals surface area contributed by atoms with Crippen molar-refractivity contribution in [1.82, 2.24) is 15.0 Å². The molecule has 8 heteroatoms. The fourth-order valence-corrected chi connectivity index (χ4v) is 0.427. The molecular weight excluding hydrogens is 176 g/mol. The zero-order chi connectivity index (χ0) is 10.4. The summed E-state index contributed by atoms with van der Waals surface area (Å²) in [7, 11) is 0. The second kappa shape index (κ2) is 4.70. The first kappa shape index (κ1) is 10.9. The van der Waals surface area contributed by atoms with Gasteiger partial charge in [0.15, 0.2) is 0 Å². The summed E-state index contributed by atoms with van der Waals surface area (Å²) in [5, 5.41) is 7.42. The average Bonchev–Trinajstić information content (AvgIpc) is 1.80. The van der Waals surface area contributed by atoms with Crippen molar-refractivity contribution < 1.29 is 9.90 Å². The van der Waals surface area contributed by atoms with Crippen molar-refractivity contribution in [3.8, 4) is 0 Å². The van der Waals surface area contributed by atoms with E-state index in [2.05, 4.69) is 15.0 Å². The number of hydrogen-bond donors (Lipinski definition) is 4. The smallest absolute Gasteiger partial charge is 0.300 e. The number of rotatable bonds is 0. The molecule has 0 spiro atoms.